The van der Waals surface area contributed by atoms with Crippen LogP contribution >= 0.6 is 40.7 Å². The van der Waals surface area contributed by atoms with Gasteiger partial charge in [-0.1, -0.05) is 28.1 Å². The minimum absolute atomic E-state index is 0. The molecule has 1 atom stereocenters. The van der Waals surface area contributed by atoms with E-state index in [2.05, 4.69) is 50.4 Å². The Morgan fingerprint density at radius 2 is 1.74 bits per heavy atom. The molecular weight excluding hydrogens is 347 g/mol. The molecule has 3 saturated heterocycles. The fourth-order valence-electron chi connectivity index (χ4n) is 3.05. The second-order valence-corrected chi connectivity index (χ2v) is 6.17. The highest BCUT2D eigenvalue weighted by atomic mass is 79.9. The molecule has 3 fully saturated rings. The summed E-state index contributed by atoms with van der Waals surface area (Å²) in [5.41, 5.74) is 1.38. The van der Waals surface area contributed by atoms with Gasteiger partial charge in [-0.05, 0) is 49.5 Å². The number of hydrogen-bond acceptors (Lipinski definition) is 2. The molecule has 1 aromatic carbocycles. The number of rotatable bonds is 3. The van der Waals surface area contributed by atoms with Crippen LogP contribution in [0.5, 0.6) is 0 Å². The van der Waals surface area contributed by atoms with Crippen molar-refractivity contribution in [2.24, 2.45) is 5.92 Å². The Hall–Kier alpha value is 0.200. The van der Waals surface area contributed by atoms with Gasteiger partial charge in [0.05, 0.1) is 0 Å². The van der Waals surface area contributed by atoms with E-state index in [9.17, 15) is 0 Å². The highest BCUT2D eigenvalue weighted by molar-refractivity contribution is 9.10. The fraction of sp³-hybridized carbons (Fsp3) is 0.571. The normalized spacial score (nSPS) is 28.4. The molecule has 3 aliphatic heterocycles. The maximum absolute atomic E-state index is 3.73. The molecule has 2 nitrogen and oxygen atoms in total. The molecular formula is C14H21BrCl2N2. The van der Waals surface area contributed by atoms with Crippen molar-refractivity contribution in [1.29, 1.82) is 0 Å². The average molecular weight is 368 g/mol. The van der Waals surface area contributed by atoms with Gasteiger partial charge in [0.1, 0.15) is 0 Å². The monoisotopic (exact) mass is 366 g/mol. The van der Waals surface area contributed by atoms with Crippen molar-refractivity contribution in [2.45, 2.75) is 25.4 Å². The van der Waals surface area contributed by atoms with Crippen LogP contribution in [0.15, 0.2) is 28.7 Å². The highest BCUT2D eigenvalue weighted by Gasteiger charge is 2.33. The van der Waals surface area contributed by atoms with E-state index in [1.807, 2.05) is 0 Å². The zero-order valence-corrected chi connectivity index (χ0v) is 14.1. The standard InChI is InChI=1S/C14H19BrN2.2ClH/c15-13-3-1-11(2-4-13)9-16-14-10-17-7-5-12(14)6-8-17;;/h1-4,12,14,16H,5-10H2;2*1H. The van der Waals surface area contributed by atoms with Gasteiger partial charge < -0.3 is 10.2 Å². The molecule has 3 aliphatic rings. The molecule has 19 heavy (non-hydrogen) atoms. The smallest absolute Gasteiger partial charge is 0.0227 e. The third-order valence-corrected chi connectivity index (χ3v) is 4.67. The Morgan fingerprint density at radius 3 is 2.26 bits per heavy atom. The molecule has 0 aliphatic carbocycles. The van der Waals surface area contributed by atoms with Crippen LogP contribution in [0, 0.1) is 5.92 Å². The second-order valence-electron chi connectivity index (χ2n) is 5.25. The fourth-order valence-corrected chi connectivity index (χ4v) is 3.31. The van der Waals surface area contributed by atoms with Gasteiger partial charge in [0.2, 0.25) is 0 Å². The maximum Gasteiger partial charge on any atom is 0.0227 e. The summed E-state index contributed by atoms with van der Waals surface area (Å²) in [6.45, 7) is 4.89. The van der Waals surface area contributed by atoms with E-state index >= 15 is 0 Å². The number of fused-ring (bicyclic) bond motifs is 3. The molecule has 0 saturated carbocycles. The molecule has 0 spiro atoms. The Morgan fingerprint density at radius 1 is 1.11 bits per heavy atom. The average Bonchev–Trinajstić information content (AvgIpc) is 2.39. The molecule has 0 radical (unpaired) electrons. The lowest BCUT2D eigenvalue weighted by Crippen LogP contribution is -2.55. The topological polar surface area (TPSA) is 15.3 Å². The van der Waals surface area contributed by atoms with Gasteiger partial charge in [-0.3, -0.25) is 0 Å². The summed E-state index contributed by atoms with van der Waals surface area (Å²) in [7, 11) is 0. The zero-order valence-electron chi connectivity index (χ0n) is 10.8. The first kappa shape index (κ1) is 17.3. The molecule has 1 unspecified atom stereocenters. The maximum atomic E-state index is 3.73. The SMILES string of the molecule is Brc1ccc(CNC2CN3CCC2CC3)cc1.Cl.Cl. The van der Waals surface area contributed by atoms with E-state index in [0.29, 0.717) is 6.04 Å². The first-order chi connectivity index (χ1) is 8.31. The minimum Gasteiger partial charge on any atom is -0.308 e. The van der Waals surface area contributed by atoms with Gasteiger partial charge in [-0.15, -0.1) is 24.8 Å². The van der Waals surface area contributed by atoms with E-state index in [1.54, 1.807) is 0 Å². The van der Waals surface area contributed by atoms with Crippen molar-refractivity contribution in [2.75, 3.05) is 19.6 Å². The van der Waals surface area contributed by atoms with Gasteiger partial charge in [0.15, 0.2) is 0 Å². The third-order valence-electron chi connectivity index (χ3n) is 4.14. The summed E-state index contributed by atoms with van der Waals surface area (Å²) in [4.78, 5) is 2.60. The van der Waals surface area contributed by atoms with Gasteiger partial charge in [-0.2, -0.15) is 0 Å². The molecule has 3 heterocycles. The van der Waals surface area contributed by atoms with Crippen molar-refractivity contribution < 1.29 is 0 Å². The zero-order chi connectivity index (χ0) is 11.7. The number of benzene rings is 1. The molecule has 1 aromatic rings. The Kier molecular flexibility index (Phi) is 7.12. The number of hydrogen-bond donors (Lipinski definition) is 1. The summed E-state index contributed by atoms with van der Waals surface area (Å²) in [5, 5.41) is 3.73. The van der Waals surface area contributed by atoms with Crippen molar-refractivity contribution >= 4 is 40.7 Å². The predicted molar refractivity (Wildman–Crippen MR) is 88.4 cm³/mol. The van der Waals surface area contributed by atoms with E-state index in [4.69, 9.17) is 0 Å². The first-order valence-corrected chi connectivity index (χ1v) is 7.31. The summed E-state index contributed by atoms with van der Waals surface area (Å²) in [5.74, 6) is 0.912. The summed E-state index contributed by atoms with van der Waals surface area (Å²) < 4.78 is 1.16. The lowest BCUT2D eigenvalue weighted by molar-refractivity contribution is 0.0720. The van der Waals surface area contributed by atoms with Crippen LogP contribution in [0.2, 0.25) is 0 Å². The van der Waals surface area contributed by atoms with E-state index in [-0.39, 0.29) is 24.8 Å². The van der Waals surface area contributed by atoms with Crippen LogP contribution < -0.4 is 5.32 Å². The Bertz CT molecular complexity index is 378. The first-order valence-electron chi connectivity index (χ1n) is 6.51. The van der Waals surface area contributed by atoms with Crippen LogP contribution in [-0.4, -0.2) is 30.6 Å². The van der Waals surface area contributed by atoms with Crippen LogP contribution in [0.3, 0.4) is 0 Å². The molecule has 5 heteroatoms. The molecule has 1 N–H and O–H groups in total. The molecule has 0 amide bonds. The molecule has 2 bridgehead atoms. The lowest BCUT2D eigenvalue weighted by Gasteiger charge is -2.45. The summed E-state index contributed by atoms with van der Waals surface area (Å²) >= 11 is 3.47. The number of piperidine rings is 3. The quantitative estimate of drug-likeness (QED) is 0.879. The van der Waals surface area contributed by atoms with Crippen LogP contribution in [-0.2, 0) is 6.54 Å². The Labute approximate surface area is 136 Å². The lowest BCUT2D eigenvalue weighted by atomic mass is 9.84. The largest absolute Gasteiger partial charge is 0.308 e. The minimum atomic E-state index is 0. The summed E-state index contributed by atoms with van der Waals surface area (Å²) in [6.07, 6.45) is 2.77. The number of nitrogens with zero attached hydrogens (tertiary/aromatic N) is 1. The molecule has 0 aromatic heterocycles. The molecule has 108 valence electrons. The van der Waals surface area contributed by atoms with E-state index < -0.39 is 0 Å². The number of nitrogens with one attached hydrogen (secondary N) is 1. The second kappa shape index (κ2) is 7.84. The van der Waals surface area contributed by atoms with Crippen LogP contribution in [0.1, 0.15) is 18.4 Å². The van der Waals surface area contributed by atoms with Gasteiger partial charge in [-0.25, -0.2) is 0 Å². The summed E-state index contributed by atoms with van der Waals surface area (Å²) in [6, 6.07) is 9.33. The predicted octanol–water partition coefficient (Wildman–Crippen LogP) is 3.48. The van der Waals surface area contributed by atoms with E-state index in [1.165, 1.54) is 38.0 Å². The van der Waals surface area contributed by atoms with Crippen molar-refractivity contribution in [3.63, 3.8) is 0 Å². The van der Waals surface area contributed by atoms with Crippen molar-refractivity contribution in [3.8, 4) is 0 Å². The van der Waals surface area contributed by atoms with Crippen LogP contribution in [0.4, 0.5) is 0 Å². The van der Waals surface area contributed by atoms with Gasteiger partial charge in [0, 0.05) is 23.6 Å². The van der Waals surface area contributed by atoms with Crippen LogP contribution in [0.25, 0.3) is 0 Å². The Balaban J connectivity index is 0.000000902. The highest BCUT2D eigenvalue weighted by Crippen LogP contribution is 2.27. The van der Waals surface area contributed by atoms with Crippen molar-refractivity contribution in [3.05, 3.63) is 34.3 Å². The van der Waals surface area contributed by atoms with Gasteiger partial charge in [0.25, 0.3) is 0 Å². The number of halogens is 3. The molecule has 4 rings (SSSR count). The van der Waals surface area contributed by atoms with Gasteiger partial charge >= 0.3 is 0 Å². The third kappa shape index (κ3) is 4.33. The van der Waals surface area contributed by atoms with E-state index in [0.717, 1.165) is 16.9 Å². The van der Waals surface area contributed by atoms with Crippen molar-refractivity contribution in [1.82, 2.24) is 10.2 Å².